The van der Waals surface area contributed by atoms with Crippen LogP contribution in [0.5, 0.6) is 0 Å². The molecule has 5 nitrogen and oxygen atoms in total. The number of hydrogen-bond acceptors (Lipinski definition) is 5. The lowest BCUT2D eigenvalue weighted by molar-refractivity contribution is -0.310. The van der Waals surface area contributed by atoms with Crippen LogP contribution in [0.25, 0.3) is 0 Å². The van der Waals surface area contributed by atoms with Crippen LogP contribution < -0.4 is 5.73 Å². The van der Waals surface area contributed by atoms with Gasteiger partial charge >= 0.3 is 5.97 Å². The summed E-state index contributed by atoms with van der Waals surface area (Å²) in [6.45, 7) is 4.15. The first-order chi connectivity index (χ1) is 6.52. The fourth-order valence-electron chi connectivity index (χ4n) is 1.03. The van der Waals surface area contributed by atoms with Gasteiger partial charge in [-0.2, -0.15) is 0 Å². The standard InChI is InChI=1S/C9H15NO4/c1-7(10)5-8(11)12-6-9(2)3-4-13-14-9/h5H,3-4,6,10H2,1-2H3/b7-5-. The number of allylic oxidation sites excluding steroid dienone is 1. The molecule has 14 heavy (non-hydrogen) atoms. The van der Waals surface area contributed by atoms with Crippen LogP contribution >= 0.6 is 0 Å². The number of carbonyl (C=O) groups is 1. The van der Waals surface area contributed by atoms with Crippen molar-refractivity contribution in [3.8, 4) is 0 Å². The van der Waals surface area contributed by atoms with Crippen molar-refractivity contribution in [3.63, 3.8) is 0 Å². The molecule has 1 saturated heterocycles. The second-order valence-electron chi connectivity index (χ2n) is 3.60. The van der Waals surface area contributed by atoms with Crippen LogP contribution in [0.15, 0.2) is 11.8 Å². The van der Waals surface area contributed by atoms with E-state index in [0.29, 0.717) is 18.7 Å². The molecular formula is C9H15NO4. The second kappa shape index (κ2) is 4.43. The molecular weight excluding hydrogens is 186 g/mol. The van der Waals surface area contributed by atoms with E-state index in [1.807, 2.05) is 6.92 Å². The SMILES string of the molecule is C/C(N)=C/C(=O)OCC1(C)CCOO1. The van der Waals surface area contributed by atoms with Gasteiger partial charge in [0.05, 0.1) is 6.61 Å². The Morgan fingerprint density at radius 2 is 2.43 bits per heavy atom. The van der Waals surface area contributed by atoms with Crippen molar-refractivity contribution >= 4 is 5.97 Å². The lowest BCUT2D eigenvalue weighted by Crippen LogP contribution is -2.30. The van der Waals surface area contributed by atoms with Gasteiger partial charge in [0.15, 0.2) is 0 Å². The second-order valence-corrected chi connectivity index (χ2v) is 3.60. The monoisotopic (exact) mass is 201 g/mol. The van der Waals surface area contributed by atoms with Crippen molar-refractivity contribution in [1.82, 2.24) is 0 Å². The Bertz CT molecular complexity index is 239. The minimum atomic E-state index is -0.522. The number of ether oxygens (including phenoxy) is 1. The molecule has 0 aromatic carbocycles. The van der Waals surface area contributed by atoms with Gasteiger partial charge in [-0.3, -0.25) is 0 Å². The lowest BCUT2D eigenvalue weighted by Gasteiger charge is -2.18. The zero-order valence-corrected chi connectivity index (χ0v) is 8.41. The fourth-order valence-corrected chi connectivity index (χ4v) is 1.03. The van der Waals surface area contributed by atoms with Crippen LogP contribution in [0.1, 0.15) is 20.3 Å². The third-order valence-corrected chi connectivity index (χ3v) is 1.84. The Labute approximate surface area is 82.7 Å². The summed E-state index contributed by atoms with van der Waals surface area (Å²) in [5, 5.41) is 0. The van der Waals surface area contributed by atoms with Crippen LogP contribution in [0.3, 0.4) is 0 Å². The predicted octanol–water partition coefficient (Wildman–Crippen LogP) is 0.503. The number of carbonyl (C=O) groups excluding carboxylic acids is 1. The molecule has 0 saturated carbocycles. The summed E-state index contributed by atoms with van der Waals surface area (Å²) in [5.41, 5.74) is 5.21. The zero-order valence-electron chi connectivity index (χ0n) is 8.41. The van der Waals surface area contributed by atoms with E-state index in [1.54, 1.807) is 6.92 Å². The summed E-state index contributed by atoms with van der Waals surface area (Å²) in [6, 6.07) is 0. The molecule has 2 N–H and O–H groups in total. The van der Waals surface area contributed by atoms with Crippen molar-refractivity contribution in [2.24, 2.45) is 5.73 Å². The molecule has 0 amide bonds. The molecule has 1 unspecified atom stereocenters. The Morgan fingerprint density at radius 1 is 1.71 bits per heavy atom. The van der Waals surface area contributed by atoms with E-state index < -0.39 is 11.6 Å². The smallest absolute Gasteiger partial charge is 0.332 e. The Hall–Kier alpha value is -1.07. The van der Waals surface area contributed by atoms with Crippen LogP contribution in [-0.4, -0.2) is 24.8 Å². The highest BCUT2D eigenvalue weighted by molar-refractivity contribution is 5.82. The third kappa shape index (κ3) is 3.35. The Kier molecular flexibility index (Phi) is 3.49. The average Bonchev–Trinajstić information content (AvgIpc) is 2.49. The molecule has 0 bridgehead atoms. The third-order valence-electron chi connectivity index (χ3n) is 1.84. The summed E-state index contributed by atoms with van der Waals surface area (Å²) >= 11 is 0. The number of hydrogen-bond donors (Lipinski definition) is 1. The van der Waals surface area contributed by atoms with Gasteiger partial charge in [0, 0.05) is 18.2 Å². The number of esters is 1. The normalized spacial score (nSPS) is 27.7. The maximum absolute atomic E-state index is 11.1. The van der Waals surface area contributed by atoms with Crippen molar-refractivity contribution in [2.45, 2.75) is 25.9 Å². The molecule has 0 spiro atoms. The van der Waals surface area contributed by atoms with Gasteiger partial charge in [0.2, 0.25) is 0 Å². The number of rotatable bonds is 3. The highest BCUT2D eigenvalue weighted by Gasteiger charge is 2.33. The van der Waals surface area contributed by atoms with Gasteiger partial charge in [-0.25, -0.2) is 14.6 Å². The molecule has 0 aliphatic carbocycles. The molecule has 0 aromatic rings. The van der Waals surface area contributed by atoms with Gasteiger partial charge in [0.25, 0.3) is 0 Å². The largest absolute Gasteiger partial charge is 0.459 e. The van der Waals surface area contributed by atoms with Gasteiger partial charge in [-0.15, -0.1) is 0 Å². The maximum Gasteiger partial charge on any atom is 0.332 e. The van der Waals surface area contributed by atoms with Crippen molar-refractivity contribution in [1.29, 1.82) is 0 Å². The Balaban J connectivity index is 2.33. The average molecular weight is 201 g/mol. The van der Waals surface area contributed by atoms with Crippen LogP contribution in [0.2, 0.25) is 0 Å². The summed E-state index contributed by atoms with van der Waals surface area (Å²) in [4.78, 5) is 20.8. The van der Waals surface area contributed by atoms with E-state index in [1.165, 1.54) is 6.08 Å². The molecule has 1 aliphatic heterocycles. The molecule has 1 atom stereocenters. The van der Waals surface area contributed by atoms with Gasteiger partial charge in [0.1, 0.15) is 12.2 Å². The van der Waals surface area contributed by atoms with E-state index in [4.69, 9.17) is 20.2 Å². The summed E-state index contributed by atoms with van der Waals surface area (Å²) in [7, 11) is 0. The van der Waals surface area contributed by atoms with E-state index in [0.717, 1.165) is 0 Å². The molecule has 0 radical (unpaired) electrons. The van der Waals surface area contributed by atoms with Gasteiger partial charge in [-0.05, 0) is 13.8 Å². The molecule has 1 heterocycles. The Morgan fingerprint density at radius 3 is 2.93 bits per heavy atom. The molecule has 1 aliphatic rings. The van der Waals surface area contributed by atoms with Crippen LogP contribution in [-0.2, 0) is 19.3 Å². The first-order valence-corrected chi connectivity index (χ1v) is 4.43. The van der Waals surface area contributed by atoms with Crippen molar-refractivity contribution in [3.05, 3.63) is 11.8 Å². The van der Waals surface area contributed by atoms with Gasteiger partial charge in [-0.1, -0.05) is 0 Å². The lowest BCUT2D eigenvalue weighted by atomic mass is 10.1. The highest BCUT2D eigenvalue weighted by Crippen LogP contribution is 2.22. The minimum absolute atomic E-state index is 0.176. The first-order valence-electron chi connectivity index (χ1n) is 4.43. The fraction of sp³-hybridized carbons (Fsp3) is 0.667. The van der Waals surface area contributed by atoms with E-state index in [9.17, 15) is 4.79 Å². The highest BCUT2D eigenvalue weighted by atomic mass is 17.2. The van der Waals surface area contributed by atoms with Crippen molar-refractivity contribution < 1.29 is 19.3 Å². The summed E-state index contributed by atoms with van der Waals surface area (Å²) < 4.78 is 4.94. The summed E-state index contributed by atoms with van der Waals surface area (Å²) in [6.07, 6.45) is 1.95. The van der Waals surface area contributed by atoms with Gasteiger partial charge < -0.3 is 10.5 Å². The molecule has 5 heteroatoms. The summed E-state index contributed by atoms with van der Waals surface area (Å²) in [5.74, 6) is -0.457. The molecule has 0 aromatic heterocycles. The van der Waals surface area contributed by atoms with Crippen molar-refractivity contribution in [2.75, 3.05) is 13.2 Å². The topological polar surface area (TPSA) is 70.8 Å². The number of nitrogens with two attached hydrogens (primary N) is 1. The molecule has 1 fully saturated rings. The molecule has 80 valence electrons. The van der Waals surface area contributed by atoms with Crippen LogP contribution in [0, 0.1) is 0 Å². The predicted molar refractivity (Wildman–Crippen MR) is 49.0 cm³/mol. The quantitative estimate of drug-likeness (QED) is 0.409. The van der Waals surface area contributed by atoms with E-state index in [2.05, 4.69) is 0 Å². The minimum Gasteiger partial charge on any atom is -0.459 e. The zero-order chi connectivity index (χ0) is 10.6. The van der Waals surface area contributed by atoms with E-state index in [-0.39, 0.29) is 6.61 Å². The first kappa shape index (κ1) is 11.0. The van der Waals surface area contributed by atoms with E-state index >= 15 is 0 Å². The molecule has 1 rings (SSSR count). The van der Waals surface area contributed by atoms with Crippen LogP contribution in [0.4, 0.5) is 0 Å². The maximum atomic E-state index is 11.1.